The van der Waals surface area contributed by atoms with Crippen LogP contribution in [0.3, 0.4) is 0 Å². The fourth-order valence-electron chi connectivity index (χ4n) is 3.63. The molecule has 30 heavy (non-hydrogen) atoms. The molecule has 1 saturated carbocycles. The minimum Gasteiger partial charge on any atom is -0.497 e. The molecule has 1 aliphatic rings. The zero-order chi connectivity index (χ0) is 21.5. The van der Waals surface area contributed by atoms with Crippen LogP contribution in [0.4, 0.5) is 11.8 Å². The van der Waals surface area contributed by atoms with Crippen molar-refractivity contribution in [1.82, 2.24) is 15.3 Å². The second-order valence-corrected chi connectivity index (χ2v) is 7.82. The molecule has 3 rings (SSSR count). The summed E-state index contributed by atoms with van der Waals surface area (Å²) in [5.41, 5.74) is 1.05. The number of carbonyl (C=O) groups excluding carboxylic acids is 1. The molecule has 0 bridgehead atoms. The lowest BCUT2D eigenvalue weighted by Gasteiger charge is -2.30. The van der Waals surface area contributed by atoms with E-state index < -0.39 is 0 Å². The summed E-state index contributed by atoms with van der Waals surface area (Å²) in [6.07, 6.45) is 5.58. The molecule has 0 spiro atoms. The molecule has 1 amide bonds. The Labute approximate surface area is 178 Å². The van der Waals surface area contributed by atoms with Gasteiger partial charge in [-0.3, -0.25) is 4.79 Å². The zero-order valence-electron chi connectivity index (χ0n) is 18.1. The van der Waals surface area contributed by atoms with E-state index in [-0.39, 0.29) is 18.6 Å². The van der Waals surface area contributed by atoms with Gasteiger partial charge in [-0.15, -0.1) is 0 Å². The van der Waals surface area contributed by atoms with Crippen molar-refractivity contribution in [2.45, 2.75) is 44.7 Å². The van der Waals surface area contributed by atoms with Crippen molar-refractivity contribution in [2.24, 2.45) is 0 Å². The second kappa shape index (κ2) is 10.1. The number of aromatic nitrogens is 2. The van der Waals surface area contributed by atoms with Crippen molar-refractivity contribution in [3.8, 4) is 11.5 Å². The van der Waals surface area contributed by atoms with E-state index in [1.54, 1.807) is 13.2 Å². The van der Waals surface area contributed by atoms with Gasteiger partial charge in [0, 0.05) is 44.0 Å². The highest BCUT2D eigenvalue weighted by Gasteiger charge is 2.23. The van der Waals surface area contributed by atoms with Crippen LogP contribution in [0.5, 0.6) is 11.5 Å². The maximum Gasteiger partial charge on any atom is 0.258 e. The normalized spacial score (nSPS) is 18.4. The lowest BCUT2D eigenvalue weighted by atomic mass is 9.91. The monoisotopic (exact) mass is 413 g/mol. The number of nitrogens with zero attached hydrogens (tertiary/aromatic N) is 3. The van der Waals surface area contributed by atoms with E-state index in [0.717, 1.165) is 37.1 Å². The molecular formula is C22H31N5O3. The van der Waals surface area contributed by atoms with Crippen molar-refractivity contribution >= 4 is 17.7 Å². The highest BCUT2D eigenvalue weighted by molar-refractivity contribution is 5.77. The number of hydrogen-bond acceptors (Lipinski definition) is 7. The first-order valence-electron chi connectivity index (χ1n) is 10.3. The highest BCUT2D eigenvalue weighted by Crippen LogP contribution is 2.23. The summed E-state index contributed by atoms with van der Waals surface area (Å²) in [5.74, 6) is 2.79. The van der Waals surface area contributed by atoms with Gasteiger partial charge in [0.25, 0.3) is 5.91 Å². The number of nitrogens with one attached hydrogen (secondary N) is 2. The summed E-state index contributed by atoms with van der Waals surface area (Å²) < 4.78 is 10.7. The Balaban J connectivity index is 1.42. The first-order valence-corrected chi connectivity index (χ1v) is 10.3. The molecule has 1 aromatic carbocycles. The maximum atomic E-state index is 12.2. The van der Waals surface area contributed by atoms with Gasteiger partial charge < -0.3 is 25.0 Å². The molecule has 2 aromatic rings. The lowest BCUT2D eigenvalue weighted by Crippen LogP contribution is -2.42. The Kier molecular flexibility index (Phi) is 7.32. The molecule has 0 unspecified atom stereocenters. The molecule has 1 fully saturated rings. The second-order valence-electron chi connectivity index (χ2n) is 7.82. The predicted octanol–water partition coefficient (Wildman–Crippen LogP) is 2.78. The average molecular weight is 414 g/mol. The molecule has 0 saturated heterocycles. The molecule has 0 aliphatic heterocycles. The molecule has 0 radical (unpaired) electrons. The lowest BCUT2D eigenvalue weighted by molar-refractivity contribution is -0.124. The standard InChI is InChI=1S/C22H31N5O3/c1-15-13-23-22(26-21(15)27(2)3)25-17-10-8-16(9-11-17)24-20(28)14-30-19-7-5-6-18(12-19)29-4/h5-7,12-13,16-17H,8-11,14H2,1-4H3,(H,24,28)(H,23,25,26). The minimum absolute atomic E-state index is 0.00410. The van der Waals surface area contributed by atoms with Gasteiger partial charge >= 0.3 is 0 Å². The van der Waals surface area contributed by atoms with Crippen LogP contribution in [0.1, 0.15) is 31.2 Å². The van der Waals surface area contributed by atoms with Crippen molar-refractivity contribution in [3.63, 3.8) is 0 Å². The van der Waals surface area contributed by atoms with Crippen LogP contribution < -0.4 is 25.0 Å². The fraction of sp³-hybridized carbons (Fsp3) is 0.500. The molecule has 1 heterocycles. The number of rotatable bonds is 8. The van der Waals surface area contributed by atoms with Crippen LogP contribution in [0.2, 0.25) is 0 Å². The van der Waals surface area contributed by atoms with Crippen LogP contribution in [-0.2, 0) is 4.79 Å². The largest absolute Gasteiger partial charge is 0.497 e. The van der Waals surface area contributed by atoms with Gasteiger partial charge in [-0.05, 0) is 44.7 Å². The summed E-state index contributed by atoms with van der Waals surface area (Å²) in [6, 6.07) is 7.72. The van der Waals surface area contributed by atoms with Gasteiger partial charge in [-0.2, -0.15) is 4.98 Å². The van der Waals surface area contributed by atoms with Crippen molar-refractivity contribution in [3.05, 3.63) is 36.0 Å². The Morgan fingerprint density at radius 2 is 1.87 bits per heavy atom. The molecule has 1 aliphatic carbocycles. The van der Waals surface area contributed by atoms with E-state index in [2.05, 4.69) is 20.6 Å². The first kappa shape index (κ1) is 21.7. The van der Waals surface area contributed by atoms with E-state index in [4.69, 9.17) is 9.47 Å². The van der Waals surface area contributed by atoms with E-state index in [0.29, 0.717) is 23.5 Å². The quantitative estimate of drug-likeness (QED) is 0.688. The SMILES string of the molecule is COc1cccc(OCC(=O)NC2CCC(Nc3ncc(C)c(N(C)C)n3)CC2)c1. The number of aryl methyl sites for hydroxylation is 1. The summed E-state index contributed by atoms with van der Waals surface area (Å²) in [5, 5.41) is 6.51. The van der Waals surface area contributed by atoms with E-state index in [1.807, 2.05) is 50.3 Å². The number of ether oxygens (including phenoxy) is 2. The molecule has 0 atom stereocenters. The van der Waals surface area contributed by atoms with Gasteiger partial charge in [0.1, 0.15) is 17.3 Å². The van der Waals surface area contributed by atoms with E-state index in [9.17, 15) is 4.79 Å². The Morgan fingerprint density at radius 3 is 2.57 bits per heavy atom. The third-order valence-electron chi connectivity index (χ3n) is 5.21. The molecule has 162 valence electrons. The summed E-state index contributed by atoms with van der Waals surface area (Å²) in [4.78, 5) is 23.2. The van der Waals surface area contributed by atoms with Gasteiger partial charge in [-0.1, -0.05) is 6.07 Å². The number of benzene rings is 1. The van der Waals surface area contributed by atoms with Gasteiger partial charge in [0.15, 0.2) is 6.61 Å². The molecule has 1 aromatic heterocycles. The van der Waals surface area contributed by atoms with Gasteiger partial charge in [0.05, 0.1) is 7.11 Å². The summed E-state index contributed by atoms with van der Waals surface area (Å²) >= 11 is 0. The summed E-state index contributed by atoms with van der Waals surface area (Å²) in [6.45, 7) is 2.00. The van der Waals surface area contributed by atoms with Crippen molar-refractivity contribution in [2.75, 3.05) is 38.0 Å². The Hall–Kier alpha value is -3.03. The third kappa shape index (κ3) is 5.98. The van der Waals surface area contributed by atoms with Crippen molar-refractivity contribution in [1.29, 1.82) is 0 Å². The van der Waals surface area contributed by atoms with E-state index in [1.165, 1.54) is 0 Å². The fourth-order valence-corrected chi connectivity index (χ4v) is 3.63. The maximum absolute atomic E-state index is 12.2. The number of amides is 1. The van der Waals surface area contributed by atoms with Crippen molar-refractivity contribution < 1.29 is 14.3 Å². The smallest absolute Gasteiger partial charge is 0.258 e. The highest BCUT2D eigenvalue weighted by atomic mass is 16.5. The van der Waals surface area contributed by atoms with Gasteiger partial charge in [-0.25, -0.2) is 4.98 Å². The van der Waals surface area contributed by atoms with Crippen LogP contribution in [-0.4, -0.2) is 55.8 Å². The number of hydrogen-bond donors (Lipinski definition) is 2. The average Bonchev–Trinajstić information content (AvgIpc) is 2.75. The number of methoxy groups -OCH3 is 1. The van der Waals surface area contributed by atoms with Crippen LogP contribution in [0, 0.1) is 6.92 Å². The molecule has 8 heteroatoms. The molecule has 2 N–H and O–H groups in total. The topological polar surface area (TPSA) is 88.6 Å². The van der Waals surface area contributed by atoms with E-state index >= 15 is 0 Å². The molecule has 8 nitrogen and oxygen atoms in total. The Morgan fingerprint density at radius 1 is 1.17 bits per heavy atom. The first-order chi connectivity index (χ1) is 14.4. The predicted molar refractivity (Wildman–Crippen MR) is 117 cm³/mol. The van der Waals surface area contributed by atoms with Crippen LogP contribution in [0.25, 0.3) is 0 Å². The summed E-state index contributed by atoms with van der Waals surface area (Å²) in [7, 11) is 5.55. The minimum atomic E-state index is -0.105. The zero-order valence-corrected chi connectivity index (χ0v) is 18.1. The number of anilines is 2. The van der Waals surface area contributed by atoms with Gasteiger partial charge in [0.2, 0.25) is 5.95 Å². The molecular weight excluding hydrogens is 382 g/mol. The number of carbonyl (C=O) groups is 1. The van der Waals surface area contributed by atoms with Crippen LogP contribution >= 0.6 is 0 Å². The third-order valence-corrected chi connectivity index (χ3v) is 5.21. The van der Waals surface area contributed by atoms with Crippen LogP contribution in [0.15, 0.2) is 30.5 Å². The Bertz CT molecular complexity index is 850.